The van der Waals surface area contributed by atoms with Gasteiger partial charge in [-0.3, -0.25) is 23.9 Å². The van der Waals surface area contributed by atoms with Crippen LogP contribution in [0.25, 0.3) is 0 Å². The molecule has 180 valence electrons. The molecule has 0 bridgehead atoms. The van der Waals surface area contributed by atoms with Gasteiger partial charge in [-0.2, -0.15) is 5.10 Å². The zero-order chi connectivity index (χ0) is 23.6. The average molecular weight is 459 g/mol. The van der Waals surface area contributed by atoms with Crippen molar-refractivity contribution in [3.63, 3.8) is 0 Å². The van der Waals surface area contributed by atoms with Crippen molar-refractivity contribution in [3.05, 3.63) is 17.5 Å². The number of amides is 4. The number of likely N-dealkylation sites (tertiary alicyclic amines) is 1. The van der Waals surface area contributed by atoms with Gasteiger partial charge in [0.25, 0.3) is 11.8 Å². The van der Waals surface area contributed by atoms with Gasteiger partial charge in [0.1, 0.15) is 11.2 Å². The van der Waals surface area contributed by atoms with Crippen LogP contribution in [0.5, 0.6) is 0 Å². The third-order valence-corrected chi connectivity index (χ3v) is 7.09. The van der Waals surface area contributed by atoms with E-state index in [9.17, 15) is 19.2 Å². The van der Waals surface area contributed by atoms with E-state index in [0.717, 1.165) is 38.6 Å². The van der Waals surface area contributed by atoms with Gasteiger partial charge in [-0.15, -0.1) is 0 Å². The van der Waals surface area contributed by atoms with Crippen molar-refractivity contribution in [3.8, 4) is 0 Å². The summed E-state index contributed by atoms with van der Waals surface area (Å²) in [6.07, 6.45) is 6.30. The summed E-state index contributed by atoms with van der Waals surface area (Å²) in [6.45, 7) is 6.02. The van der Waals surface area contributed by atoms with Crippen LogP contribution in [-0.2, 0) is 16.1 Å². The zero-order valence-electron chi connectivity index (χ0n) is 19.6. The Morgan fingerprint density at radius 3 is 2.64 bits per heavy atom. The molecule has 4 amide bonds. The number of likely N-dealkylation sites (N-methyl/N-ethyl adjacent to an activating group) is 1. The van der Waals surface area contributed by atoms with E-state index in [4.69, 9.17) is 0 Å². The van der Waals surface area contributed by atoms with Crippen LogP contribution in [0, 0.1) is 0 Å². The molecule has 0 aromatic carbocycles. The fourth-order valence-electron chi connectivity index (χ4n) is 5.16. The molecule has 0 radical (unpaired) electrons. The van der Waals surface area contributed by atoms with E-state index in [2.05, 4.69) is 15.7 Å². The lowest BCUT2D eigenvalue weighted by Gasteiger charge is -2.43. The van der Waals surface area contributed by atoms with E-state index in [0.29, 0.717) is 38.2 Å². The molecule has 1 saturated carbocycles. The van der Waals surface area contributed by atoms with Crippen LogP contribution in [0.1, 0.15) is 79.8 Å². The summed E-state index contributed by atoms with van der Waals surface area (Å²) in [4.78, 5) is 54.1. The Labute approximate surface area is 194 Å². The largest absolute Gasteiger partial charge is 0.351 e. The number of hydrogen-bond acceptors (Lipinski definition) is 5. The predicted octanol–water partition coefficient (Wildman–Crippen LogP) is 0.919. The fraction of sp³-hybridized carbons (Fsp3) is 0.696. The van der Waals surface area contributed by atoms with Crippen LogP contribution in [0.15, 0.2) is 6.07 Å². The van der Waals surface area contributed by atoms with Crippen molar-refractivity contribution < 1.29 is 19.2 Å². The summed E-state index contributed by atoms with van der Waals surface area (Å²) in [5, 5.41) is 10.3. The molecule has 1 aromatic rings. The molecule has 4 rings (SSSR count). The number of fused-ring (bicyclic) bond motifs is 1. The number of nitrogens with one attached hydrogen (secondary N) is 2. The Balaban J connectivity index is 1.40. The Morgan fingerprint density at radius 2 is 1.97 bits per heavy atom. The maximum Gasteiger partial charge on any atom is 0.273 e. The Bertz CT molecular complexity index is 937. The van der Waals surface area contributed by atoms with E-state index in [1.165, 1.54) is 10.7 Å². The van der Waals surface area contributed by atoms with Crippen molar-refractivity contribution in [2.24, 2.45) is 0 Å². The SMILES string of the molecule is CCN1C(=O)c2cc(C(=O)NCCCN3CCCC3=O)nn2CC1(C)C(=O)NC1CCCC1. The van der Waals surface area contributed by atoms with Crippen LogP contribution >= 0.6 is 0 Å². The minimum absolute atomic E-state index is 0.152. The minimum Gasteiger partial charge on any atom is -0.351 e. The van der Waals surface area contributed by atoms with Gasteiger partial charge in [0.2, 0.25) is 11.8 Å². The molecule has 1 aromatic heterocycles. The molecule has 10 heteroatoms. The molecule has 1 atom stereocenters. The molecule has 2 fully saturated rings. The normalized spacial score (nSPS) is 23.2. The van der Waals surface area contributed by atoms with Crippen molar-refractivity contribution in [1.82, 2.24) is 30.2 Å². The van der Waals surface area contributed by atoms with Gasteiger partial charge in [0, 0.05) is 44.7 Å². The standard InChI is InChI=1S/C23H34N6O4/c1-3-28-21(32)18-14-17(20(31)24-11-7-13-27-12-6-10-19(27)30)26-29(18)15-23(28,2)22(33)25-16-8-4-5-9-16/h14,16H,3-13,15H2,1-2H3,(H,24,31)(H,25,33). The maximum absolute atomic E-state index is 13.2. The van der Waals surface area contributed by atoms with E-state index in [1.807, 2.05) is 11.8 Å². The highest BCUT2D eigenvalue weighted by Crippen LogP contribution is 2.28. The van der Waals surface area contributed by atoms with E-state index >= 15 is 0 Å². The van der Waals surface area contributed by atoms with Crippen molar-refractivity contribution in [2.75, 3.05) is 26.2 Å². The molecule has 2 aliphatic heterocycles. The van der Waals surface area contributed by atoms with E-state index in [1.54, 1.807) is 11.8 Å². The van der Waals surface area contributed by atoms with Gasteiger partial charge in [-0.1, -0.05) is 12.8 Å². The lowest BCUT2D eigenvalue weighted by Crippen LogP contribution is -2.64. The second kappa shape index (κ2) is 9.52. The molecule has 10 nitrogen and oxygen atoms in total. The number of carbonyl (C=O) groups excluding carboxylic acids is 4. The summed E-state index contributed by atoms with van der Waals surface area (Å²) in [7, 11) is 0. The Hall–Kier alpha value is -2.91. The second-order valence-electron chi connectivity index (χ2n) is 9.44. The van der Waals surface area contributed by atoms with Crippen LogP contribution in [0.3, 0.4) is 0 Å². The van der Waals surface area contributed by atoms with Gasteiger partial charge < -0.3 is 20.4 Å². The Kier molecular flexibility index (Phi) is 6.71. The quantitative estimate of drug-likeness (QED) is 0.562. The molecule has 3 heterocycles. The molecular weight excluding hydrogens is 424 g/mol. The predicted molar refractivity (Wildman–Crippen MR) is 121 cm³/mol. The van der Waals surface area contributed by atoms with Gasteiger partial charge in [-0.05, 0) is 39.5 Å². The first-order valence-corrected chi connectivity index (χ1v) is 12.1. The minimum atomic E-state index is -1.07. The Morgan fingerprint density at radius 1 is 1.21 bits per heavy atom. The number of nitrogens with zero attached hydrogens (tertiary/aromatic N) is 4. The summed E-state index contributed by atoms with van der Waals surface area (Å²) in [6, 6.07) is 1.65. The zero-order valence-corrected chi connectivity index (χ0v) is 19.6. The van der Waals surface area contributed by atoms with Crippen LogP contribution < -0.4 is 10.6 Å². The third-order valence-electron chi connectivity index (χ3n) is 7.09. The third kappa shape index (κ3) is 4.60. The average Bonchev–Trinajstić information content (AvgIpc) is 3.53. The first-order valence-electron chi connectivity index (χ1n) is 12.1. The van der Waals surface area contributed by atoms with Gasteiger partial charge in [0.05, 0.1) is 6.54 Å². The number of aromatic nitrogens is 2. The van der Waals surface area contributed by atoms with Gasteiger partial charge in [0.15, 0.2) is 5.69 Å². The summed E-state index contributed by atoms with van der Waals surface area (Å²) < 4.78 is 1.49. The fourth-order valence-corrected chi connectivity index (χ4v) is 5.16. The van der Waals surface area contributed by atoms with Crippen LogP contribution in [0.2, 0.25) is 0 Å². The topological polar surface area (TPSA) is 117 Å². The molecule has 1 aliphatic carbocycles. The smallest absolute Gasteiger partial charge is 0.273 e. The van der Waals surface area contributed by atoms with Crippen molar-refractivity contribution in [1.29, 1.82) is 0 Å². The summed E-state index contributed by atoms with van der Waals surface area (Å²) in [5.74, 6) is -0.667. The highest BCUT2D eigenvalue weighted by Gasteiger charge is 2.48. The summed E-state index contributed by atoms with van der Waals surface area (Å²) >= 11 is 0. The number of carbonyl (C=O) groups is 4. The van der Waals surface area contributed by atoms with Crippen molar-refractivity contribution in [2.45, 2.75) is 76.9 Å². The molecule has 3 aliphatic rings. The van der Waals surface area contributed by atoms with Gasteiger partial charge >= 0.3 is 0 Å². The molecule has 33 heavy (non-hydrogen) atoms. The lowest BCUT2D eigenvalue weighted by molar-refractivity contribution is -0.133. The van der Waals surface area contributed by atoms with Crippen molar-refractivity contribution >= 4 is 23.6 Å². The molecular formula is C23H34N6O4. The number of rotatable bonds is 8. The maximum atomic E-state index is 13.2. The van der Waals surface area contributed by atoms with Crippen LogP contribution in [-0.4, -0.2) is 81.0 Å². The monoisotopic (exact) mass is 458 g/mol. The highest BCUT2D eigenvalue weighted by atomic mass is 16.2. The molecule has 1 unspecified atom stereocenters. The summed E-state index contributed by atoms with van der Waals surface area (Å²) in [5.41, 5.74) is -0.591. The first-order chi connectivity index (χ1) is 15.8. The molecule has 1 saturated heterocycles. The number of hydrogen-bond donors (Lipinski definition) is 2. The second-order valence-corrected chi connectivity index (χ2v) is 9.44. The molecule has 2 N–H and O–H groups in total. The van der Waals surface area contributed by atoms with Gasteiger partial charge in [-0.25, -0.2) is 0 Å². The highest BCUT2D eigenvalue weighted by molar-refractivity contribution is 6.01. The van der Waals surface area contributed by atoms with E-state index < -0.39 is 5.54 Å². The van der Waals surface area contributed by atoms with E-state index in [-0.39, 0.29) is 41.9 Å². The lowest BCUT2D eigenvalue weighted by atomic mass is 9.94. The first kappa shape index (κ1) is 23.3. The molecule has 0 spiro atoms. The van der Waals surface area contributed by atoms with Crippen LogP contribution in [0.4, 0.5) is 0 Å².